The standard InChI is InChI=1S/C13H15ClN4O2/c1-2-10(20-11-5-3-4-9(14)6-11)7-15-13(19)12-8-16-18-17-12/h3-6,8,10H,2,7H2,1H3,(H,15,19)(H,16,17,18). The average Bonchev–Trinajstić information content (AvgIpc) is 2.97. The second-order valence-electron chi connectivity index (χ2n) is 4.17. The van der Waals surface area contributed by atoms with E-state index in [1.165, 1.54) is 6.20 Å². The van der Waals surface area contributed by atoms with E-state index in [1.54, 1.807) is 12.1 Å². The van der Waals surface area contributed by atoms with Gasteiger partial charge in [0, 0.05) is 5.02 Å². The van der Waals surface area contributed by atoms with Gasteiger partial charge in [-0.05, 0) is 24.6 Å². The van der Waals surface area contributed by atoms with Crippen molar-refractivity contribution in [3.05, 3.63) is 41.2 Å². The van der Waals surface area contributed by atoms with Gasteiger partial charge in [-0.3, -0.25) is 4.79 Å². The Morgan fingerprint density at radius 3 is 3.05 bits per heavy atom. The number of halogens is 1. The number of amides is 1. The van der Waals surface area contributed by atoms with Crippen molar-refractivity contribution in [3.8, 4) is 5.75 Å². The fourth-order valence-electron chi connectivity index (χ4n) is 1.61. The molecule has 1 aromatic carbocycles. The first kappa shape index (κ1) is 14.3. The Morgan fingerprint density at radius 1 is 1.55 bits per heavy atom. The van der Waals surface area contributed by atoms with Crippen molar-refractivity contribution in [2.75, 3.05) is 6.54 Å². The van der Waals surface area contributed by atoms with Gasteiger partial charge in [0.25, 0.3) is 5.91 Å². The first-order valence-electron chi connectivity index (χ1n) is 6.25. The fourth-order valence-corrected chi connectivity index (χ4v) is 1.79. The Balaban J connectivity index is 1.88. The molecule has 0 aliphatic carbocycles. The third-order valence-electron chi connectivity index (χ3n) is 2.69. The molecule has 1 aromatic heterocycles. The number of ether oxygens (including phenoxy) is 1. The zero-order valence-corrected chi connectivity index (χ0v) is 11.7. The third-order valence-corrected chi connectivity index (χ3v) is 2.93. The molecular weight excluding hydrogens is 280 g/mol. The zero-order chi connectivity index (χ0) is 14.4. The van der Waals surface area contributed by atoms with Crippen LogP contribution in [-0.2, 0) is 0 Å². The molecular formula is C13H15ClN4O2. The van der Waals surface area contributed by atoms with Crippen LogP contribution >= 0.6 is 11.6 Å². The molecule has 0 bridgehead atoms. The predicted octanol–water partition coefficient (Wildman–Crippen LogP) is 2.05. The zero-order valence-electron chi connectivity index (χ0n) is 11.0. The van der Waals surface area contributed by atoms with Crippen LogP contribution in [0.5, 0.6) is 5.75 Å². The second kappa shape index (κ2) is 6.91. The quantitative estimate of drug-likeness (QED) is 0.854. The van der Waals surface area contributed by atoms with E-state index in [9.17, 15) is 4.79 Å². The van der Waals surface area contributed by atoms with Crippen molar-refractivity contribution in [3.63, 3.8) is 0 Å². The van der Waals surface area contributed by atoms with E-state index in [-0.39, 0.29) is 17.7 Å². The number of aromatic nitrogens is 3. The van der Waals surface area contributed by atoms with Crippen LogP contribution in [0.3, 0.4) is 0 Å². The Morgan fingerprint density at radius 2 is 2.40 bits per heavy atom. The molecule has 1 amide bonds. The number of carbonyl (C=O) groups is 1. The van der Waals surface area contributed by atoms with Gasteiger partial charge in [-0.25, -0.2) is 0 Å². The minimum atomic E-state index is -0.285. The highest BCUT2D eigenvalue weighted by Gasteiger charge is 2.13. The van der Waals surface area contributed by atoms with E-state index in [1.807, 2.05) is 19.1 Å². The number of carbonyl (C=O) groups excluding carboxylic acids is 1. The van der Waals surface area contributed by atoms with Gasteiger partial charge in [0.05, 0.1) is 12.7 Å². The minimum absolute atomic E-state index is 0.135. The summed E-state index contributed by atoms with van der Waals surface area (Å²) in [5.74, 6) is 0.395. The number of rotatable bonds is 6. The van der Waals surface area contributed by atoms with Crippen LogP contribution in [-0.4, -0.2) is 34.0 Å². The molecule has 0 aliphatic heterocycles. The molecule has 6 nitrogen and oxygen atoms in total. The summed E-state index contributed by atoms with van der Waals surface area (Å²) in [6.45, 7) is 2.37. The van der Waals surface area contributed by atoms with Crippen LogP contribution < -0.4 is 10.1 Å². The maximum atomic E-state index is 11.7. The van der Waals surface area contributed by atoms with E-state index in [4.69, 9.17) is 16.3 Å². The van der Waals surface area contributed by atoms with Crippen LogP contribution in [0.2, 0.25) is 5.02 Å². The Labute approximate surface area is 121 Å². The molecule has 2 aromatic rings. The maximum Gasteiger partial charge on any atom is 0.273 e. The summed E-state index contributed by atoms with van der Waals surface area (Å²) in [5, 5.41) is 13.1. The Hall–Kier alpha value is -2.08. The second-order valence-corrected chi connectivity index (χ2v) is 4.61. The van der Waals surface area contributed by atoms with Gasteiger partial charge in [-0.15, -0.1) is 0 Å². The lowest BCUT2D eigenvalue weighted by Gasteiger charge is -2.18. The largest absolute Gasteiger partial charge is 0.489 e. The van der Waals surface area contributed by atoms with E-state index in [0.29, 0.717) is 17.3 Å². The van der Waals surface area contributed by atoms with Crippen molar-refractivity contribution in [2.45, 2.75) is 19.4 Å². The summed E-state index contributed by atoms with van der Waals surface area (Å²) in [4.78, 5) is 11.7. The van der Waals surface area contributed by atoms with Gasteiger partial charge in [0.15, 0.2) is 5.69 Å². The molecule has 2 N–H and O–H groups in total. The molecule has 2 rings (SSSR count). The van der Waals surface area contributed by atoms with Crippen LogP contribution in [0, 0.1) is 0 Å². The molecule has 0 radical (unpaired) electrons. The molecule has 1 heterocycles. The van der Waals surface area contributed by atoms with E-state index in [2.05, 4.69) is 20.7 Å². The number of aromatic amines is 1. The number of benzene rings is 1. The highest BCUT2D eigenvalue weighted by atomic mass is 35.5. The average molecular weight is 295 g/mol. The van der Waals surface area contributed by atoms with E-state index < -0.39 is 0 Å². The molecule has 1 unspecified atom stereocenters. The summed E-state index contributed by atoms with van der Waals surface area (Å²) in [6.07, 6.45) is 1.99. The van der Waals surface area contributed by atoms with Gasteiger partial charge in [-0.1, -0.05) is 24.6 Å². The monoisotopic (exact) mass is 294 g/mol. The molecule has 106 valence electrons. The maximum absolute atomic E-state index is 11.7. The van der Waals surface area contributed by atoms with Crippen molar-refractivity contribution < 1.29 is 9.53 Å². The smallest absolute Gasteiger partial charge is 0.273 e. The van der Waals surface area contributed by atoms with E-state index >= 15 is 0 Å². The lowest BCUT2D eigenvalue weighted by molar-refractivity contribution is 0.0921. The Bertz CT molecular complexity index is 559. The molecule has 1 atom stereocenters. The first-order chi connectivity index (χ1) is 9.69. The SMILES string of the molecule is CCC(CNC(=O)c1cn[nH]n1)Oc1cccc(Cl)c1. The number of H-pyrrole nitrogens is 1. The number of nitrogens with zero attached hydrogens (tertiary/aromatic N) is 2. The normalized spacial score (nSPS) is 11.9. The molecule has 0 spiro atoms. The van der Waals surface area contributed by atoms with Crippen molar-refractivity contribution in [2.24, 2.45) is 0 Å². The van der Waals surface area contributed by atoms with Crippen molar-refractivity contribution in [1.82, 2.24) is 20.7 Å². The summed E-state index contributed by atoms with van der Waals surface area (Å²) >= 11 is 5.90. The highest BCUT2D eigenvalue weighted by Crippen LogP contribution is 2.18. The van der Waals surface area contributed by atoms with Crippen molar-refractivity contribution >= 4 is 17.5 Å². The van der Waals surface area contributed by atoms with Gasteiger partial charge >= 0.3 is 0 Å². The third kappa shape index (κ3) is 3.96. The number of nitrogens with one attached hydrogen (secondary N) is 2. The molecule has 20 heavy (non-hydrogen) atoms. The van der Waals surface area contributed by atoms with E-state index in [0.717, 1.165) is 6.42 Å². The summed E-state index contributed by atoms with van der Waals surface area (Å²) in [5.41, 5.74) is 0.252. The lowest BCUT2D eigenvalue weighted by atomic mass is 10.2. The van der Waals surface area contributed by atoms with Gasteiger partial charge in [0.1, 0.15) is 11.9 Å². The molecule has 0 fully saturated rings. The van der Waals surface area contributed by atoms with Crippen LogP contribution in [0.4, 0.5) is 0 Å². The fraction of sp³-hybridized carbons (Fsp3) is 0.308. The summed E-state index contributed by atoms with van der Waals surface area (Å²) in [6, 6.07) is 7.16. The number of hydrogen-bond acceptors (Lipinski definition) is 4. The van der Waals surface area contributed by atoms with Crippen LogP contribution in [0.15, 0.2) is 30.5 Å². The predicted molar refractivity (Wildman–Crippen MR) is 74.9 cm³/mol. The summed E-state index contributed by atoms with van der Waals surface area (Å²) in [7, 11) is 0. The minimum Gasteiger partial charge on any atom is -0.489 e. The van der Waals surface area contributed by atoms with Crippen LogP contribution in [0.25, 0.3) is 0 Å². The summed E-state index contributed by atoms with van der Waals surface area (Å²) < 4.78 is 5.77. The lowest BCUT2D eigenvalue weighted by Crippen LogP contribution is -2.35. The Kier molecular flexibility index (Phi) is 4.95. The molecule has 0 aliphatic rings. The molecule has 0 saturated heterocycles. The number of hydrogen-bond donors (Lipinski definition) is 2. The molecule has 0 saturated carbocycles. The topological polar surface area (TPSA) is 79.9 Å². The molecule has 7 heteroatoms. The van der Waals surface area contributed by atoms with Gasteiger partial charge in [-0.2, -0.15) is 15.4 Å². The van der Waals surface area contributed by atoms with Crippen LogP contribution in [0.1, 0.15) is 23.8 Å². The van der Waals surface area contributed by atoms with Crippen molar-refractivity contribution in [1.29, 1.82) is 0 Å². The first-order valence-corrected chi connectivity index (χ1v) is 6.63. The van der Waals surface area contributed by atoms with Gasteiger partial charge in [0.2, 0.25) is 0 Å². The van der Waals surface area contributed by atoms with Gasteiger partial charge < -0.3 is 10.1 Å². The highest BCUT2D eigenvalue weighted by molar-refractivity contribution is 6.30.